The molecule has 2 heteroatoms. The van der Waals surface area contributed by atoms with E-state index < -0.39 is 0 Å². The van der Waals surface area contributed by atoms with Crippen molar-refractivity contribution in [3.63, 3.8) is 0 Å². The zero-order valence-corrected chi connectivity index (χ0v) is 11.8. The number of rotatable bonds is 3. The molecule has 1 aliphatic carbocycles. The van der Waals surface area contributed by atoms with Crippen LogP contribution in [0, 0.1) is 5.41 Å². The molecule has 0 saturated heterocycles. The highest BCUT2D eigenvalue weighted by Gasteiger charge is 2.20. The first-order valence-corrected chi connectivity index (χ1v) is 7.01. The summed E-state index contributed by atoms with van der Waals surface area (Å²) in [7, 11) is 0. The average Bonchev–Trinajstić information content (AvgIpc) is 2.27. The molecule has 0 amide bonds. The molecule has 18 heavy (non-hydrogen) atoms. The van der Waals surface area contributed by atoms with Crippen molar-refractivity contribution >= 4 is 0 Å². The molecule has 0 bridgehead atoms. The molecule has 0 radical (unpaired) electrons. The maximum atomic E-state index is 9.54. The lowest BCUT2D eigenvalue weighted by Crippen LogP contribution is -2.28. The van der Waals surface area contributed by atoms with Crippen LogP contribution in [0.15, 0.2) is 18.2 Å². The first kappa shape index (κ1) is 13.4. The van der Waals surface area contributed by atoms with Crippen LogP contribution in [-0.2, 0) is 6.42 Å². The van der Waals surface area contributed by atoms with Gasteiger partial charge in [0.1, 0.15) is 5.75 Å². The largest absolute Gasteiger partial charge is 0.508 e. The van der Waals surface area contributed by atoms with Gasteiger partial charge < -0.3 is 10.4 Å². The van der Waals surface area contributed by atoms with Gasteiger partial charge in [0.15, 0.2) is 0 Å². The Bertz CT molecular complexity index is 406. The van der Waals surface area contributed by atoms with Crippen LogP contribution >= 0.6 is 0 Å². The Labute approximate surface area is 110 Å². The van der Waals surface area contributed by atoms with Gasteiger partial charge in [0.05, 0.1) is 0 Å². The fraction of sp³-hybridized carbons (Fsp3) is 0.625. The van der Waals surface area contributed by atoms with Crippen molar-refractivity contribution in [2.75, 3.05) is 6.54 Å². The minimum Gasteiger partial charge on any atom is -0.508 e. The fourth-order valence-electron chi connectivity index (χ4n) is 2.63. The first-order chi connectivity index (χ1) is 8.46. The second-order valence-corrected chi connectivity index (χ2v) is 6.59. The summed E-state index contributed by atoms with van der Waals surface area (Å²) >= 11 is 0. The highest BCUT2D eigenvalue weighted by molar-refractivity contribution is 5.38. The predicted octanol–water partition coefficient (Wildman–Crippen LogP) is 3.80. The normalized spacial score (nSPS) is 19.6. The number of aryl methyl sites for hydroxylation is 1. The van der Waals surface area contributed by atoms with Crippen LogP contribution in [0.1, 0.15) is 57.2 Å². The van der Waals surface area contributed by atoms with E-state index in [1.165, 1.54) is 30.4 Å². The van der Waals surface area contributed by atoms with Crippen LogP contribution < -0.4 is 5.32 Å². The molecule has 2 nitrogen and oxygen atoms in total. The van der Waals surface area contributed by atoms with E-state index >= 15 is 0 Å². The minimum absolute atomic E-state index is 0.388. The van der Waals surface area contributed by atoms with Gasteiger partial charge in [-0.1, -0.05) is 26.8 Å². The van der Waals surface area contributed by atoms with E-state index in [9.17, 15) is 5.11 Å². The summed E-state index contributed by atoms with van der Waals surface area (Å²) in [5.41, 5.74) is 3.09. The van der Waals surface area contributed by atoms with Gasteiger partial charge in [0.25, 0.3) is 0 Å². The SMILES string of the molecule is CC(C)(C)CCNC1CCCc2cc(O)ccc21. The minimum atomic E-state index is 0.388. The molecular formula is C16H25NO. The monoisotopic (exact) mass is 247 g/mol. The maximum absolute atomic E-state index is 9.54. The lowest BCUT2D eigenvalue weighted by molar-refractivity contribution is 0.345. The number of fused-ring (bicyclic) bond motifs is 1. The lowest BCUT2D eigenvalue weighted by Gasteiger charge is -2.28. The summed E-state index contributed by atoms with van der Waals surface area (Å²) in [6, 6.07) is 6.28. The number of phenols is 1. The molecular weight excluding hydrogens is 222 g/mol. The Morgan fingerprint density at radius 2 is 2.11 bits per heavy atom. The second kappa shape index (κ2) is 5.31. The quantitative estimate of drug-likeness (QED) is 0.851. The summed E-state index contributed by atoms with van der Waals surface area (Å²) in [6.07, 6.45) is 4.71. The number of hydrogen-bond acceptors (Lipinski definition) is 2. The molecule has 0 heterocycles. The number of aromatic hydroxyl groups is 1. The van der Waals surface area contributed by atoms with E-state index in [1.54, 1.807) is 0 Å². The Hall–Kier alpha value is -1.02. The van der Waals surface area contributed by atoms with E-state index in [1.807, 2.05) is 12.1 Å². The molecule has 1 aromatic rings. The Morgan fingerprint density at radius 3 is 2.83 bits per heavy atom. The topological polar surface area (TPSA) is 32.3 Å². The van der Waals surface area contributed by atoms with Crippen LogP contribution in [0.5, 0.6) is 5.75 Å². The molecule has 0 fully saturated rings. The van der Waals surface area contributed by atoms with E-state index in [0.717, 1.165) is 13.0 Å². The molecule has 2 N–H and O–H groups in total. The molecule has 0 aliphatic heterocycles. The van der Waals surface area contributed by atoms with Crippen LogP contribution in [0.2, 0.25) is 0 Å². The third kappa shape index (κ3) is 3.49. The van der Waals surface area contributed by atoms with Crippen molar-refractivity contribution in [3.8, 4) is 5.75 Å². The predicted molar refractivity (Wildman–Crippen MR) is 75.9 cm³/mol. The number of hydrogen-bond donors (Lipinski definition) is 2. The summed E-state index contributed by atoms with van der Waals surface area (Å²) in [5, 5.41) is 13.2. The Morgan fingerprint density at radius 1 is 1.33 bits per heavy atom. The number of nitrogens with one attached hydrogen (secondary N) is 1. The van der Waals surface area contributed by atoms with Crippen LogP contribution in [0.3, 0.4) is 0 Å². The molecule has 2 rings (SSSR count). The fourth-order valence-corrected chi connectivity index (χ4v) is 2.63. The van der Waals surface area contributed by atoms with Gasteiger partial charge in [-0.05, 0) is 60.9 Å². The first-order valence-electron chi connectivity index (χ1n) is 7.01. The van der Waals surface area contributed by atoms with Gasteiger partial charge in [-0.25, -0.2) is 0 Å². The van der Waals surface area contributed by atoms with Gasteiger partial charge in [-0.2, -0.15) is 0 Å². The van der Waals surface area contributed by atoms with Crippen molar-refractivity contribution in [3.05, 3.63) is 29.3 Å². The molecule has 1 aromatic carbocycles. The summed E-state index contributed by atoms with van der Waals surface area (Å²) < 4.78 is 0. The molecule has 0 spiro atoms. The molecule has 1 atom stereocenters. The average molecular weight is 247 g/mol. The van der Waals surface area contributed by atoms with Crippen molar-refractivity contribution in [1.29, 1.82) is 0 Å². The van der Waals surface area contributed by atoms with Crippen molar-refractivity contribution < 1.29 is 5.11 Å². The van der Waals surface area contributed by atoms with E-state index in [-0.39, 0.29) is 0 Å². The maximum Gasteiger partial charge on any atom is 0.115 e. The Balaban J connectivity index is 2.00. The molecule has 0 aromatic heterocycles. The zero-order chi connectivity index (χ0) is 13.2. The van der Waals surface area contributed by atoms with Gasteiger partial charge in [0, 0.05) is 6.04 Å². The van der Waals surface area contributed by atoms with Gasteiger partial charge >= 0.3 is 0 Å². The molecule has 1 aliphatic rings. The third-order valence-corrected chi connectivity index (χ3v) is 3.71. The summed E-state index contributed by atoms with van der Waals surface area (Å²) in [4.78, 5) is 0. The lowest BCUT2D eigenvalue weighted by atomic mass is 9.87. The smallest absolute Gasteiger partial charge is 0.115 e. The second-order valence-electron chi connectivity index (χ2n) is 6.59. The highest BCUT2D eigenvalue weighted by Crippen LogP contribution is 2.32. The zero-order valence-electron chi connectivity index (χ0n) is 11.8. The van der Waals surface area contributed by atoms with Crippen LogP contribution in [-0.4, -0.2) is 11.7 Å². The van der Waals surface area contributed by atoms with Crippen LogP contribution in [0.25, 0.3) is 0 Å². The number of benzene rings is 1. The van der Waals surface area contributed by atoms with Gasteiger partial charge in [-0.3, -0.25) is 0 Å². The van der Waals surface area contributed by atoms with Crippen molar-refractivity contribution in [2.24, 2.45) is 5.41 Å². The van der Waals surface area contributed by atoms with E-state index in [2.05, 4.69) is 32.2 Å². The molecule has 1 unspecified atom stereocenters. The van der Waals surface area contributed by atoms with Crippen LogP contribution in [0.4, 0.5) is 0 Å². The van der Waals surface area contributed by atoms with E-state index in [4.69, 9.17) is 0 Å². The summed E-state index contributed by atoms with van der Waals surface area (Å²) in [5.74, 6) is 0.393. The molecule has 0 saturated carbocycles. The number of phenolic OH excluding ortho intramolecular Hbond substituents is 1. The standard InChI is InChI=1S/C16H25NO/c1-16(2,3)9-10-17-15-6-4-5-12-11-13(18)7-8-14(12)15/h7-8,11,15,17-18H,4-6,9-10H2,1-3H3. The van der Waals surface area contributed by atoms with Gasteiger partial charge in [-0.15, -0.1) is 0 Å². The molecule has 100 valence electrons. The van der Waals surface area contributed by atoms with E-state index in [0.29, 0.717) is 17.2 Å². The summed E-state index contributed by atoms with van der Waals surface area (Å²) in [6.45, 7) is 7.90. The highest BCUT2D eigenvalue weighted by atomic mass is 16.3. The Kier molecular flexibility index (Phi) is 3.96. The van der Waals surface area contributed by atoms with Crippen molar-refractivity contribution in [2.45, 2.75) is 52.5 Å². The van der Waals surface area contributed by atoms with Gasteiger partial charge in [0.2, 0.25) is 0 Å². The third-order valence-electron chi connectivity index (χ3n) is 3.71. The van der Waals surface area contributed by atoms with Crippen molar-refractivity contribution in [1.82, 2.24) is 5.32 Å².